The van der Waals surface area contributed by atoms with Gasteiger partial charge in [0.25, 0.3) is 0 Å². The van der Waals surface area contributed by atoms with Gasteiger partial charge >= 0.3 is 5.97 Å². The highest BCUT2D eigenvalue weighted by molar-refractivity contribution is 6.04. The van der Waals surface area contributed by atoms with E-state index in [0.29, 0.717) is 94.5 Å². The number of aromatic amines is 1. The summed E-state index contributed by atoms with van der Waals surface area (Å²) in [6.45, 7) is 3.29. The smallest absolute Gasteiger partial charge is 0.352 e. The van der Waals surface area contributed by atoms with Crippen LogP contribution in [0, 0.1) is 18.6 Å². The van der Waals surface area contributed by atoms with E-state index in [0.717, 1.165) is 6.42 Å². The number of carbonyl (C=O) groups is 1. The molecule has 1 aliphatic heterocycles. The number of aromatic carboxylic acids is 1. The molecule has 0 fully saturated rings. The molecule has 0 saturated heterocycles. The number of fused-ring (bicyclic) bond motifs is 3. The number of aromatic nitrogens is 3. The van der Waals surface area contributed by atoms with Crippen LogP contribution in [0.15, 0.2) is 48.5 Å². The summed E-state index contributed by atoms with van der Waals surface area (Å²) in [6.07, 6.45) is 2.34. The van der Waals surface area contributed by atoms with E-state index in [1.54, 1.807) is 28.8 Å². The predicted molar refractivity (Wildman–Crippen MR) is 148 cm³/mol. The van der Waals surface area contributed by atoms with Gasteiger partial charge in [-0.05, 0) is 62.4 Å². The van der Waals surface area contributed by atoms with Crippen LogP contribution in [0.2, 0.25) is 0 Å². The van der Waals surface area contributed by atoms with E-state index in [9.17, 15) is 14.3 Å². The van der Waals surface area contributed by atoms with E-state index in [1.165, 1.54) is 12.1 Å². The number of hydrogen-bond donors (Lipinski definition) is 2. The molecule has 3 heterocycles. The number of H-pyrrole nitrogens is 1. The zero-order valence-corrected chi connectivity index (χ0v) is 22.1. The normalized spacial score (nSPS) is 13.8. The Bertz CT molecular complexity index is 1740. The van der Waals surface area contributed by atoms with Crippen LogP contribution in [-0.2, 0) is 24.3 Å². The SMILES string of the molecule is Cc1[nH]nc2c1-c1c(F)ccc3c(CCCOc4ccc(F)c5ccccc45)c(C(=O)O)n(c13)CCCCOC2. The highest BCUT2D eigenvalue weighted by atomic mass is 19.1. The Labute approximate surface area is 229 Å². The molecule has 6 rings (SSSR count). The molecule has 2 aromatic heterocycles. The van der Waals surface area contributed by atoms with Crippen molar-refractivity contribution in [2.24, 2.45) is 0 Å². The van der Waals surface area contributed by atoms with E-state index >= 15 is 4.39 Å². The second-order valence-electron chi connectivity index (χ2n) is 10.1. The molecular formula is C31H29F2N3O4. The van der Waals surface area contributed by atoms with Crippen molar-refractivity contribution in [1.82, 2.24) is 14.8 Å². The molecular weight excluding hydrogens is 516 g/mol. The maximum atomic E-state index is 15.6. The van der Waals surface area contributed by atoms with Crippen LogP contribution < -0.4 is 4.74 Å². The van der Waals surface area contributed by atoms with Crippen molar-refractivity contribution in [2.45, 2.75) is 45.8 Å². The van der Waals surface area contributed by atoms with E-state index < -0.39 is 11.8 Å². The number of carboxylic acids is 1. The van der Waals surface area contributed by atoms with Gasteiger partial charge in [-0.15, -0.1) is 0 Å². The first-order chi connectivity index (χ1) is 19.5. The topological polar surface area (TPSA) is 89.4 Å². The second kappa shape index (κ2) is 10.7. The third kappa shape index (κ3) is 4.50. The fraction of sp³-hybridized carbons (Fsp3) is 0.290. The monoisotopic (exact) mass is 545 g/mol. The third-order valence-corrected chi connectivity index (χ3v) is 7.57. The van der Waals surface area contributed by atoms with Crippen LogP contribution in [-0.4, -0.2) is 39.1 Å². The molecule has 0 amide bonds. The molecule has 7 nitrogen and oxygen atoms in total. The number of benzene rings is 3. The summed E-state index contributed by atoms with van der Waals surface area (Å²) in [7, 11) is 0. The molecule has 0 bridgehead atoms. The molecule has 0 saturated carbocycles. The second-order valence-corrected chi connectivity index (χ2v) is 10.1. The molecule has 1 aliphatic rings. The van der Waals surface area contributed by atoms with Gasteiger partial charge in [0.1, 0.15) is 23.1 Å². The lowest BCUT2D eigenvalue weighted by atomic mass is 9.97. The lowest BCUT2D eigenvalue weighted by molar-refractivity contribution is 0.0683. The van der Waals surface area contributed by atoms with Gasteiger partial charge in [-0.1, -0.05) is 24.3 Å². The summed E-state index contributed by atoms with van der Waals surface area (Å²) in [5.74, 6) is -1.24. The minimum atomic E-state index is -1.06. The van der Waals surface area contributed by atoms with Crippen molar-refractivity contribution in [3.63, 3.8) is 0 Å². The van der Waals surface area contributed by atoms with Crippen molar-refractivity contribution in [2.75, 3.05) is 13.2 Å². The van der Waals surface area contributed by atoms with Crippen LogP contribution in [0.3, 0.4) is 0 Å². The number of rotatable bonds is 6. The zero-order valence-electron chi connectivity index (χ0n) is 22.1. The fourth-order valence-corrected chi connectivity index (χ4v) is 5.80. The van der Waals surface area contributed by atoms with Gasteiger partial charge < -0.3 is 19.1 Å². The molecule has 0 radical (unpaired) electrons. The number of ether oxygens (including phenoxy) is 2. The van der Waals surface area contributed by atoms with Gasteiger partial charge in [0.15, 0.2) is 0 Å². The zero-order chi connectivity index (χ0) is 27.8. The molecule has 0 unspecified atom stereocenters. The Hall–Kier alpha value is -4.24. The molecule has 0 atom stereocenters. The van der Waals surface area contributed by atoms with Gasteiger partial charge in [0.05, 0.1) is 24.4 Å². The minimum Gasteiger partial charge on any atom is -0.493 e. The molecule has 0 aliphatic carbocycles. The van der Waals surface area contributed by atoms with Crippen molar-refractivity contribution >= 4 is 27.6 Å². The average Bonchev–Trinajstić information content (AvgIpc) is 3.45. The molecule has 3 aromatic carbocycles. The first-order valence-electron chi connectivity index (χ1n) is 13.4. The Morgan fingerprint density at radius 2 is 1.85 bits per heavy atom. The van der Waals surface area contributed by atoms with Crippen molar-refractivity contribution in [1.29, 1.82) is 0 Å². The van der Waals surface area contributed by atoms with Crippen LogP contribution in [0.4, 0.5) is 8.78 Å². The number of halogens is 2. The number of nitrogens with zero attached hydrogens (tertiary/aromatic N) is 2. The van der Waals surface area contributed by atoms with Crippen molar-refractivity contribution < 1.29 is 28.2 Å². The molecule has 40 heavy (non-hydrogen) atoms. The maximum Gasteiger partial charge on any atom is 0.352 e. The molecule has 5 aromatic rings. The number of aryl methyl sites for hydroxylation is 3. The summed E-state index contributed by atoms with van der Waals surface area (Å²) < 4.78 is 43.4. The predicted octanol–water partition coefficient (Wildman–Crippen LogP) is 6.79. The number of carboxylic acid groups (broad SMARTS) is 1. The van der Waals surface area contributed by atoms with E-state index in [4.69, 9.17) is 9.47 Å². The highest BCUT2D eigenvalue weighted by Gasteiger charge is 2.28. The van der Waals surface area contributed by atoms with Gasteiger partial charge in [-0.2, -0.15) is 5.10 Å². The quantitative estimate of drug-likeness (QED) is 0.229. The summed E-state index contributed by atoms with van der Waals surface area (Å²) in [4.78, 5) is 12.7. The first-order valence-corrected chi connectivity index (χ1v) is 13.4. The van der Waals surface area contributed by atoms with Crippen LogP contribution in [0.5, 0.6) is 5.75 Å². The lowest BCUT2D eigenvalue weighted by Gasteiger charge is -2.12. The summed E-state index contributed by atoms with van der Waals surface area (Å²) in [5.41, 5.74) is 3.60. The Morgan fingerprint density at radius 1 is 1.05 bits per heavy atom. The lowest BCUT2D eigenvalue weighted by Crippen LogP contribution is -2.12. The van der Waals surface area contributed by atoms with E-state index in [2.05, 4.69) is 10.2 Å². The number of hydrogen-bond acceptors (Lipinski definition) is 4. The maximum absolute atomic E-state index is 15.6. The summed E-state index contributed by atoms with van der Waals surface area (Å²) >= 11 is 0. The first kappa shape index (κ1) is 26.0. The summed E-state index contributed by atoms with van der Waals surface area (Å²) in [6, 6.07) is 13.2. The van der Waals surface area contributed by atoms with Gasteiger partial charge in [-0.25, -0.2) is 13.6 Å². The van der Waals surface area contributed by atoms with Gasteiger partial charge in [0, 0.05) is 46.1 Å². The molecule has 0 spiro atoms. The average molecular weight is 546 g/mol. The Morgan fingerprint density at radius 3 is 2.67 bits per heavy atom. The Balaban J connectivity index is 1.40. The number of nitrogens with one attached hydrogen (secondary N) is 1. The van der Waals surface area contributed by atoms with E-state index in [-0.39, 0.29) is 18.1 Å². The molecule has 206 valence electrons. The largest absolute Gasteiger partial charge is 0.493 e. The molecule has 9 heteroatoms. The highest BCUT2D eigenvalue weighted by Crippen LogP contribution is 2.40. The minimum absolute atomic E-state index is 0.164. The third-order valence-electron chi connectivity index (χ3n) is 7.57. The van der Waals surface area contributed by atoms with Crippen molar-refractivity contribution in [3.05, 3.63) is 82.8 Å². The van der Waals surface area contributed by atoms with Crippen LogP contribution in [0.25, 0.3) is 32.8 Å². The van der Waals surface area contributed by atoms with Crippen LogP contribution >= 0.6 is 0 Å². The Kier molecular flexibility index (Phi) is 6.98. The summed E-state index contributed by atoms with van der Waals surface area (Å²) in [5, 5.41) is 19.5. The van der Waals surface area contributed by atoms with E-state index in [1.807, 2.05) is 19.1 Å². The standard InChI is InChI=1S/C31H29F2N3O4/c1-18-27-25(35-34-18)17-39-15-5-4-14-36-29-22(10-11-24(33)28(27)29)21(30(36)31(37)38)9-6-16-40-26-13-12-23(32)19-7-2-3-8-20(19)26/h2-3,7-8,10-13H,4-6,9,14-17H2,1H3,(H,34,35)(H,37,38). The van der Waals surface area contributed by atoms with Crippen molar-refractivity contribution in [3.8, 4) is 16.9 Å². The van der Waals surface area contributed by atoms with Gasteiger partial charge in [0.2, 0.25) is 0 Å². The molecule has 2 N–H and O–H groups in total. The van der Waals surface area contributed by atoms with Crippen LogP contribution in [0.1, 0.15) is 46.7 Å². The van der Waals surface area contributed by atoms with Gasteiger partial charge in [-0.3, -0.25) is 5.10 Å². The fourth-order valence-electron chi connectivity index (χ4n) is 5.80.